The summed E-state index contributed by atoms with van der Waals surface area (Å²) >= 11 is 0.939. The van der Waals surface area contributed by atoms with E-state index in [0.717, 1.165) is 11.8 Å². The second-order valence-electron chi connectivity index (χ2n) is 2.27. The third kappa shape index (κ3) is 5.05. The molecule has 0 saturated heterocycles. The first-order valence-corrected chi connectivity index (χ1v) is 5.03. The molecule has 0 aliphatic heterocycles. The maximum absolute atomic E-state index is 12.8. The average Bonchev–Trinajstić information content (AvgIpc) is 2.05. The molecule has 0 aromatic rings. The first-order valence-electron chi connectivity index (χ1n) is 3.87. The highest BCUT2D eigenvalue weighted by atomic mass is 32.2. The van der Waals surface area contributed by atoms with Crippen LogP contribution in [-0.4, -0.2) is 36.5 Å². The third-order valence-electron chi connectivity index (χ3n) is 1.12. The lowest BCUT2D eigenvalue weighted by Crippen LogP contribution is -2.33. The molecule has 6 heteroatoms. The van der Waals surface area contributed by atoms with E-state index in [1.807, 2.05) is 0 Å². The van der Waals surface area contributed by atoms with Gasteiger partial charge in [-0.3, -0.25) is 0 Å². The molecule has 0 saturated carbocycles. The quantitative estimate of drug-likeness (QED) is 0.525. The van der Waals surface area contributed by atoms with Crippen molar-refractivity contribution in [1.29, 1.82) is 0 Å². The molecular weight excluding hydrogens is 200 g/mol. The summed E-state index contributed by atoms with van der Waals surface area (Å²) in [6, 6.07) is 0. The van der Waals surface area contributed by atoms with Crippen LogP contribution in [0.1, 0.15) is 6.92 Å². The van der Waals surface area contributed by atoms with E-state index in [1.54, 1.807) is 0 Å². The van der Waals surface area contributed by atoms with Crippen molar-refractivity contribution in [2.45, 2.75) is 12.8 Å². The lowest BCUT2D eigenvalue weighted by atomic mass is 10.4. The van der Waals surface area contributed by atoms with Gasteiger partial charge in [-0.1, -0.05) is 0 Å². The number of carbonyl (C=O) groups is 1. The van der Waals surface area contributed by atoms with E-state index in [-0.39, 0.29) is 6.61 Å². The molecular formula is C7H13F2NO2S. The SMILES string of the molecule is CCOC(=O)C(F)(F)CSCCN. The summed E-state index contributed by atoms with van der Waals surface area (Å²) in [5.74, 6) is -5.01. The van der Waals surface area contributed by atoms with Gasteiger partial charge in [0.1, 0.15) is 0 Å². The highest BCUT2D eigenvalue weighted by Gasteiger charge is 2.40. The number of alkyl halides is 2. The molecule has 0 amide bonds. The van der Waals surface area contributed by atoms with Crippen molar-refractivity contribution in [1.82, 2.24) is 0 Å². The van der Waals surface area contributed by atoms with E-state index < -0.39 is 17.6 Å². The molecule has 78 valence electrons. The van der Waals surface area contributed by atoms with Crippen molar-refractivity contribution in [2.75, 3.05) is 24.7 Å². The van der Waals surface area contributed by atoms with Crippen LogP contribution in [0.15, 0.2) is 0 Å². The third-order valence-corrected chi connectivity index (χ3v) is 2.21. The average molecular weight is 213 g/mol. The Kier molecular flexibility index (Phi) is 5.98. The molecule has 3 nitrogen and oxygen atoms in total. The van der Waals surface area contributed by atoms with E-state index in [1.165, 1.54) is 6.92 Å². The van der Waals surface area contributed by atoms with Gasteiger partial charge < -0.3 is 10.5 Å². The number of hydrogen-bond acceptors (Lipinski definition) is 4. The Morgan fingerprint density at radius 2 is 2.23 bits per heavy atom. The van der Waals surface area contributed by atoms with Crippen molar-refractivity contribution in [3.8, 4) is 0 Å². The van der Waals surface area contributed by atoms with E-state index in [2.05, 4.69) is 4.74 Å². The monoisotopic (exact) mass is 213 g/mol. The van der Waals surface area contributed by atoms with Crippen LogP contribution in [0.25, 0.3) is 0 Å². The lowest BCUT2D eigenvalue weighted by molar-refractivity contribution is -0.167. The zero-order valence-electron chi connectivity index (χ0n) is 7.39. The number of ether oxygens (including phenoxy) is 1. The van der Waals surface area contributed by atoms with Crippen LogP contribution in [0.2, 0.25) is 0 Å². The molecule has 0 heterocycles. The molecule has 0 aliphatic carbocycles. The minimum absolute atomic E-state index is 0.0318. The number of hydrogen-bond donors (Lipinski definition) is 1. The van der Waals surface area contributed by atoms with Crippen LogP contribution in [0.3, 0.4) is 0 Å². The van der Waals surface area contributed by atoms with E-state index in [0.29, 0.717) is 12.3 Å². The maximum atomic E-state index is 12.8. The highest BCUT2D eigenvalue weighted by Crippen LogP contribution is 2.21. The molecule has 0 fully saturated rings. The van der Waals surface area contributed by atoms with Crippen LogP contribution in [0.4, 0.5) is 8.78 Å². The van der Waals surface area contributed by atoms with Crippen molar-refractivity contribution in [3.63, 3.8) is 0 Å². The summed E-state index contributed by atoms with van der Waals surface area (Å²) in [6.45, 7) is 1.78. The predicted molar refractivity (Wildman–Crippen MR) is 48.0 cm³/mol. The highest BCUT2D eigenvalue weighted by molar-refractivity contribution is 7.99. The topological polar surface area (TPSA) is 52.3 Å². The van der Waals surface area contributed by atoms with Crippen LogP contribution in [0.5, 0.6) is 0 Å². The minimum Gasteiger partial charge on any atom is -0.462 e. The minimum atomic E-state index is -3.39. The lowest BCUT2D eigenvalue weighted by Gasteiger charge is -2.13. The normalized spacial score (nSPS) is 11.4. The molecule has 13 heavy (non-hydrogen) atoms. The first-order chi connectivity index (χ1) is 6.04. The van der Waals surface area contributed by atoms with Gasteiger partial charge in [0.15, 0.2) is 0 Å². The van der Waals surface area contributed by atoms with Gasteiger partial charge in [0.25, 0.3) is 0 Å². The Bertz CT molecular complexity index is 167. The zero-order chi connectivity index (χ0) is 10.3. The van der Waals surface area contributed by atoms with E-state index in [9.17, 15) is 13.6 Å². The van der Waals surface area contributed by atoms with Crippen molar-refractivity contribution < 1.29 is 18.3 Å². The standard InChI is InChI=1S/C7H13F2NO2S/c1-2-12-6(11)7(8,9)5-13-4-3-10/h2-5,10H2,1H3. The Morgan fingerprint density at radius 1 is 1.62 bits per heavy atom. The number of rotatable bonds is 6. The molecule has 0 atom stereocenters. The Balaban J connectivity index is 3.83. The van der Waals surface area contributed by atoms with Gasteiger partial charge in [0, 0.05) is 12.3 Å². The van der Waals surface area contributed by atoms with Gasteiger partial charge in [0.2, 0.25) is 0 Å². The number of carbonyl (C=O) groups excluding carboxylic acids is 1. The fraction of sp³-hybridized carbons (Fsp3) is 0.857. The van der Waals surface area contributed by atoms with Gasteiger partial charge in [-0.05, 0) is 6.92 Å². The van der Waals surface area contributed by atoms with Gasteiger partial charge in [-0.25, -0.2) is 4.79 Å². The maximum Gasteiger partial charge on any atom is 0.377 e. The van der Waals surface area contributed by atoms with Crippen molar-refractivity contribution in [3.05, 3.63) is 0 Å². The number of esters is 1. The number of thioether (sulfide) groups is 1. The predicted octanol–water partition coefficient (Wildman–Crippen LogP) is 0.877. The molecule has 0 unspecified atom stereocenters. The van der Waals surface area contributed by atoms with Crippen LogP contribution >= 0.6 is 11.8 Å². The first kappa shape index (κ1) is 12.6. The van der Waals surface area contributed by atoms with Gasteiger partial charge in [-0.2, -0.15) is 20.5 Å². The number of halogens is 2. The summed E-state index contributed by atoms with van der Waals surface area (Å²) in [5, 5.41) is 0. The van der Waals surface area contributed by atoms with E-state index in [4.69, 9.17) is 5.73 Å². The zero-order valence-corrected chi connectivity index (χ0v) is 8.20. The fourth-order valence-corrected chi connectivity index (χ4v) is 1.26. The van der Waals surface area contributed by atoms with Crippen LogP contribution in [0, 0.1) is 0 Å². The molecule has 0 aromatic heterocycles. The Labute approximate surface area is 80.0 Å². The number of nitrogens with two attached hydrogens (primary N) is 1. The summed E-state index contributed by atoms with van der Waals surface area (Å²) in [6.07, 6.45) is 0. The molecule has 0 aliphatic rings. The molecule has 0 radical (unpaired) electrons. The van der Waals surface area contributed by atoms with Gasteiger partial charge in [-0.15, -0.1) is 0 Å². The second kappa shape index (κ2) is 6.15. The van der Waals surface area contributed by atoms with E-state index >= 15 is 0 Å². The summed E-state index contributed by atoms with van der Waals surface area (Å²) in [4.78, 5) is 10.6. The summed E-state index contributed by atoms with van der Waals surface area (Å²) < 4.78 is 29.8. The van der Waals surface area contributed by atoms with Gasteiger partial charge in [0.05, 0.1) is 12.4 Å². The summed E-state index contributed by atoms with van der Waals surface area (Å²) in [7, 11) is 0. The van der Waals surface area contributed by atoms with Crippen molar-refractivity contribution in [2.24, 2.45) is 5.73 Å². The van der Waals surface area contributed by atoms with Crippen LogP contribution < -0.4 is 5.73 Å². The molecule has 2 N–H and O–H groups in total. The fourth-order valence-electron chi connectivity index (χ4n) is 0.579. The second-order valence-corrected chi connectivity index (χ2v) is 3.37. The smallest absolute Gasteiger partial charge is 0.377 e. The molecule has 0 bridgehead atoms. The van der Waals surface area contributed by atoms with Crippen LogP contribution in [-0.2, 0) is 9.53 Å². The van der Waals surface area contributed by atoms with Gasteiger partial charge >= 0.3 is 11.9 Å². The van der Waals surface area contributed by atoms with Crippen molar-refractivity contribution >= 4 is 17.7 Å². The molecule has 0 rings (SSSR count). The Hall–Kier alpha value is -0.360. The largest absolute Gasteiger partial charge is 0.462 e. The summed E-state index contributed by atoms with van der Waals surface area (Å²) in [5.41, 5.74) is 5.11. The molecule has 0 spiro atoms. The molecule has 0 aromatic carbocycles. The Morgan fingerprint density at radius 3 is 2.69 bits per heavy atom.